The Balaban J connectivity index is 1.90. The number of carbonyl (C=O) groups is 1. The zero-order valence-electron chi connectivity index (χ0n) is 9.54. The summed E-state index contributed by atoms with van der Waals surface area (Å²) >= 11 is 0. The second kappa shape index (κ2) is 4.69. The first-order valence-corrected chi connectivity index (χ1v) is 5.97. The van der Waals surface area contributed by atoms with Crippen LogP contribution in [0.4, 0.5) is 4.79 Å². The number of hydrogen-bond acceptors (Lipinski definition) is 1. The Labute approximate surface area is 91.7 Å². The summed E-state index contributed by atoms with van der Waals surface area (Å²) in [5, 5.41) is 0. The van der Waals surface area contributed by atoms with Gasteiger partial charge in [0.15, 0.2) is 0 Å². The standard InChI is InChI=1S/C12H20N2O/c1-11-5-9-14(10-6-11)12(15)13-7-3-2-4-8-13/h5H,2-4,6-10H2,1H3. The lowest BCUT2D eigenvalue weighted by atomic mass is 10.1. The molecule has 0 spiro atoms. The van der Waals surface area contributed by atoms with E-state index < -0.39 is 0 Å². The van der Waals surface area contributed by atoms with Crippen LogP contribution < -0.4 is 0 Å². The van der Waals surface area contributed by atoms with Crippen molar-refractivity contribution in [2.24, 2.45) is 0 Å². The Kier molecular flexibility index (Phi) is 3.29. The third-order valence-corrected chi connectivity index (χ3v) is 3.33. The number of nitrogens with zero attached hydrogens (tertiary/aromatic N) is 2. The topological polar surface area (TPSA) is 23.6 Å². The summed E-state index contributed by atoms with van der Waals surface area (Å²) < 4.78 is 0. The second-order valence-electron chi connectivity index (χ2n) is 4.58. The van der Waals surface area contributed by atoms with Gasteiger partial charge in [-0.25, -0.2) is 4.79 Å². The molecule has 15 heavy (non-hydrogen) atoms. The van der Waals surface area contributed by atoms with E-state index in [-0.39, 0.29) is 6.03 Å². The minimum absolute atomic E-state index is 0.249. The van der Waals surface area contributed by atoms with E-state index in [4.69, 9.17) is 0 Å². The fraction of sp³-hybridized carbons (Fsp3) is 0.750. The maximum atomic E-state index is 12.1. The molecule has 1 saturated heterocycles. The highest BCUT2D eigenvalue weighted by molar-refractivity contribution is 5.75. The number of urea groups is 1. The molecule has 0 N–H and O–H groups in total. The van der Waals surface area contributed by atoms with Gasteiger partial charge in [-0.3, -0.25) is 0 Å². The van der Waals surface area contributed by atoms with Crippen molar-refractivity contribution in [1.29, 1.82) is 0 Å². The van der Waals surface area contributed by atoms with Crippen LogP contribution in [0.2, 0.25) is 0 Å². The molecule has 0 aliphatic carbocycles. The SMILES string of the molecule is CC1=CCN(C(=O)N2CCCCC2)CC1. The lowest BCUT2D eigenvalue weighted by Gasteiger charge is -2.34. The summed E-state index contributed by atoms with van der Waals surface area (Å²) in [6, 6.07) is 0.249. The minimum Gasteiger partial charge on any atom is -0.325 e. The zero-order valence-corrected chi connectivity index (χ0v) is 9.54. The Bertz CT molecular complexity index is 267. The van der Waals surface area contributed by atoms with E-state index in [1.165, 1.54) is 24.8 Å². The average molecular weight is 208 g/mol. The first-order chi connectivity index (χ1) is 7.27. The van der Waals surface area contributed by atoms with E-state index in [1.807, 2.05) is 9.80 Å². The summed E-state index contributed by atoms with van der Waals surface area (Å²) in [5.41, 5.74) is 1.41. The van der Waals surface area contributed by atoms with Crippen LogP contribution in [-0.2, 0) is 0 Å². The maximum absolute atomic E-state index is 12.1. The van der Waals surface area contributed by atoms with Gasteiger partial charge in [0.25, 0.3) is 0 Å². The van der Waals surface area contributed by atoms with E-state index in [1.54, 1.807) is 0 Å². The molecule has 0 bridgehead atoms. The van der Waals surface area contributed by atoms with Crippen molar-refractivity contribution in [1.82, 2.24) is 9.80 Å². The molecule has 2 amide bonds. The monoisotopic (exact) mass is 208 g/mol. The number of likely N-dealkylation sites (tertiary alicyclic amines) is 1. The molecule has 0 radical (unpaired) electrons. The van der Waals surface area contributed by atoms with E-state index in [9.17, 15) is 4.79 Å². The Morgan fingerprint density at radius 2 is 1.87 bits per heavy atom. The lowest BCUT2D eigenvalue weighted by Crippen LogP contribution is -2.46. The van der Waals surface area contributed by atoms with Gasteiger partial charge in [0.2, 0.25) is 0 Å². The van der Waals surface area contributed by atoms with Gasteiger partial charge in [0, 0.05) is 26.2 Å². The quantitative estimate of drug-likeness (QED) is 0.560. The van der Waals surface area contributed by atoms with E-state index in [0.717, 1.165) is 32.6 Å². The molecule has 2 heterocycles. The molecule has 2 aliphatic rings. The van der Waals surface area contributed by atoms with Crippen molar-refractivity contribution in [2.75, 3.05) is 26.2 Å². The maximum Gasteiger partial charge on any atom is 0.320 e. The molecular formula is C12H20N2O. The number of rotatable bonds is 0. The van der Waals surface area contributed by atoms with Crippen LogP contribution in [0, 0.1) is 0 Å². The van der Waals surface area contributed by atoms with Crippen molar-refractivity contribution in [3.8, 4) is 0 Å². The smallest absolute Gasteiger partial charge is 0.320 e. The lowest BCUT2D eigenvalue weighted by molar-refractivity contribution is 0.146. The van der Waals surface area contributed by atoms with Gasteiger partial charge >= 0.3 is 6.03 Å². The first-order valence-electron chi connectivity index (χ1n) is 5.97. The molecule has 0 aromatic rings. The molecule has 0 aromatic heterocycles. The fourth-order valence-corrected chi connectivity index (χ4v) is 2.23. The molecule has 0 aromatic carbocycles. The molecule has 2 aliphatic heterocycles. The van der Waals surface area contributed by atoms with Crippen LogP contribution in [0.3, 0.4) is 0 Å². The summed E-state index contributed by atoms with van der Waals surface area (Å²) in [5.74, 6) is 0. The van der Waals surface area contributed by atoms with Crippen molar-refractivity contribution >= 4 is 6.03 Å². The molecule has 2 rings (SSSR count). The van der Waals surface area contributed by atoms with E-state index >= 15 is 0 Å². The van der Waals surface area contributed by atoms with Crippen LogP contribution in [0.1, 0.15) is 32.6 Å². The number of amides is 2. The molecule has 0 atom stereocenters. The van der Waals surface area contributed by atoms with Crippen LogP contribution in [-0.4, -0.2) is 42.0 Å². The summed E-state index contributed by atoms with van der Waals surface area (Å²) in [6.45, 7) is 5.76. The van der Waals surface area contributed by atoms with Crippen LogP contribution >= 0.6 is 0 Å². The summed E-state index contributed by atoms with van der Waals surface area (Å²) in [4.78, 5) is 16.1. The average Bonchev–Trinajstić information content (AvgIpc) is 2.30. The third kappa shape index (κ3) is 2.52. The zero-order chi connectivity index (χ0) is 10.7. The number of hydrogen-bond donors (Lipinski definition) is 0. The number of carbonyl (C=O) groups excluding carboxylic acids is 1. The van der Waals surface area contributed by atoms with E-state index in [0.29, 0.717) is 0 Å². The van der Waals surface area contributed by atoms with Crippen molar-refractivity contribution in [3.63, 3.8) is 0 Å². The largest absolute Gasteiger partial charge is 0.325 e. The van der Waals surface area contributed by atoms with Gasteiger partial charge in [0.1, 0.15) is 0 Å². The predicted molar refractivity (Wildman–Crippen MR) is 60.8 cm³/mol. The van der Waals surface area contributed by atoms with Crippen LogP contribution in [0.5, 0.6) is 0 Å². The normalized spacial score (nSPS) is 22.6. The van der Waals surface area contributed by atoms with Crippen molar-refractivity contribution in [2.45, 2.75) is 32.6 Å². The first kappa shape index (κ1) is 10.5. The van der Waals surface area contributed by atoms with Crippen molar-refractivity contribution < 1.29 is 4.79 Å². The molecule has 0 saturated carbocycles. The summed E-state index contributed by atoms with van der Waals surface area (Å²) in [6.07, 6.45) is 6.84. The molecule has 84 valence electrons. The van der Waals surface area contributed by atoms with Gasteiger partial charge in [-0.1, -0.05) is 11.6 Å². The fourth-order valence-electron chi connectivity index (χ4n) is 2.23. The summed E-state index contributed by atoms with van der Waals surface area (Å²) in [7, 11) is 0. The van der Waals surface area contributed by atoms with Gasteiger partial charge in [-0.05, 0) is 32.6 Å². The van der Waals surface area contributed by atoms with Gasteiger partial charge in [-0.15, -0.1) is 0 Å². The molecular weight excluding hydrogens is 188 g/mol. The van der Waals surface area contributed by atoms with E-state index in [2.05, 4.69) is 13.0 Å². The predicted octanol–water partition coefficient (Wildman–Crippen LogP) is 2.24. The minimum atomic E-state index is 0.249. The van der Waals surface area contributed by atoms with Crippen molar-refractivity contribution in [3.05, 3.63) is 11.6 Å². The van der Waals surface area contributed by atoms with Crippen LogP contribution in [0.15, 0.2) is 11.6 Å². The third-order valence-electron chi connectivity index (χ3n) is 3.33. The molecule has 3 heteroatoms. The van der Waals surface area contributed by atoms with Gasteiger partial charge < -0.3 is 9.80 Å². The molecule has 0 unspecified atom stereocenters. The number of piperidine rings is 1. The van der Waals surface area contributed by atoms with Gasteiger partial charge in [-0.2, -0.15) is 0 Å². The highest BCUT2D eigenvalue weighted by Crippen LogP contribution is 2.15. The Morgan fingerprint density at radius 3 is 2.47 bits per heavy atom. The highest BCUT2D eigenvalue weighted by Gasteiger charge is 2.22. The molecule has 3 nitrogen and oxygen atoms in total. The Morgan fingerprint density at radius 1 is 1.13 bits per heavy atom. The van der Waals surface area contributed by atoms with Gasteiger partial charge in [0.05, 0.1) is 0 Å². The Hall–Kier alpha value is -0.990. The second-order valence-corrected chi connectivity index (χ2v) is 4.58. The van der Waals surface area contributed by atoms with Crippen LogP contribution in [0.25, 0.3) is 0 Å². The highest BCUT2D eigenvalue weighted by atomic mass is 16.2. The molecule has 1 fully saturated rings.